The van der Waals surface area contributed by atoms with Crippen LogP contribution in [0.5, 0.6) is 0 Å². The number of hydrogen-bond donors (Lipinski definition) is 1. The molecule has 4 nitrogen and oxygen atoms in total. The first kappa shape index (κ1) is 13.6. The van der Waals surface area contributed by atoms with Crippen LogP contribution in [-0.2, 0) is 9.53 Å². The Labute approximate surface area is 113 Å². The van der Waals surface area contributed by atoms with E-state index in [2.05, 4.69) is 17.2 Å². The van der Waals surface area contributed by atoms with E-state index in [-0.39, 0.29) is 5.91 Å². The third-order valence-corrected chi connectivity index (χ3v) is 3.09. The average Bonchev–Trinajstić information content (AvgIpc) is 2.46. The lowest BCUT2D eigenvalue weighted by Gasteiger charge is -2.24. The zero-order chi connectivity index (χ0) is 13.7. The highest BCUT2D eigenvalue weighted by molar-refractivity contribution is 5.91. The van der Waals surface area contributed by atoms with Crippen molar-refractivity contribution in [2.45, 2.75) is 39.2 Å². The second-order valence-electron chi connectivity index (χ2n) is 4.56. The van der Waals surface area contributed by atoms with Crippen molar-refractivity contribution in [2.75, 3.05) is 6.54 Å². The van der Waals surface area contributed by atoms with E-state index >= 15 is 0 Å². The van der Waals surface area contributed by atoms with E-state index in [0.717, 1.165) is 24.1 Å². The number of carbonyl (C=O) groups is 1. The summed E-state index contributed by atoms with van der Waals surface area (Å²) >= 11 is 0. The largest absolute Gasteiger partial charge is 0.463 e. The van der Waals surface area contributed by atoms with Gasteiger partial charge in [0.2, 0.25) is 6.10 Å². The summed E-state index contributed by atoms with van der Waals surface area (Å²) in [7, 11) is 0. The molecule has 1 atom stereocenters. The van der Waals surface area contributed by atoms with Crippen LogP contribution in [0.3, 0.4) is 0 Å². The molecule has 1 amide bonds. The molecule has 19 heavy (non-hydrogen) atoms. The summed E-state index contributed by atoms with van der Waals surface area (Å²) in [5.41, 5.74) is 1.68. The van der Waals surface area contributed by atoms with Crippen LogP contribution in [0.15, 0.2) is 29.3 Å². The smallest absolute Gasteiger partial charge is 0.265 e. The van der Waals surface area contributed by atoms with E-state index in [4.69, 9.17) is 4.74 Å². The molecule has 1 aromatic rings. The number of nitrogens with zero attached hydrogens (tertiary/aromatic N) is 1. The van der Waals surface area contributed by atoms with Crippen molar-refractivity contribution in [2.24, 2.45) is 4.99 Å². The number of fused-ring (bicyclic) bond motifs is 1. The number of para-hydroxylation sites is 1. The van der Waals surface area contributed by atoms with E-state index in [1.165, 1.54) is 0 Å². The minimum atomic E-state index is -0.569. The molecule has 0 aromatic heterocycles. The van der Waals surface area contributed by atoms with Gasteiger partial charge in [0, 0.05) is 18.5 Å². The molecule has 1 aliphatic heterocycles. The minimum absolute atomic E-state index is 0.0817. The SMILES string of the molecule is CCCCNC(=O)C1OC(CC)=Nc2ccccc21. The zero-order valence-corrected chi connectivity index (χ0v) is 11.5. The summed E-state index contributed by atoms with van der Waals surface area (Å²) in [5.74, 6) is 0.538. The minimum Gasteiger partial charge on any atom is -0.463 e. The molecule has 1 aromatic carbocycles. The standard InChI is InChI=1S/C15H20N2O2/c1-3-5-10-16-15(18)14-11-8-6-7-9-12(11)17-13(4-2)19-14/h6-9,14H,3-5,10H2,1-2H3,(H,16,18). The van der Waals surface area contributed by atoms with Gasteiger partial charge in [0.05, 0.1) is 5.69 Å². The highest BCUT2D eigenvalue weighted by Gasteiger charge is 2.28. The highest BCUT2D eigenvalue weighted by Crippen LogP contribution is 2.33. The Bertz CT molecular complexity index is 483. The molecule has 1 unspecified atom stereocenters. The molecule has 0 aliphatic carbocycles. The number of rotatable bonds is 5. The molecule has 0 radical (unpaired) electrons. The maximum Gasteiger partial charge on any atom is 0.265 e. The van der Waals surface area contributed by atoms with Crippen molar-refractivity contribution >= 4 is 17.5 Å². The first-order chi connectivity index (χ1) is 9.26. The Morgan fingerprint density at radius 3 is 2.89 bits per heavy atom. The highest BCUT2D eigenvalue weighted by atomic mass is 16.5. The normalized spacial score (nSPS) is 17.2. The van der Waals surface area contributed by atoms with Gasteiger partial charge in [0.15, 0.2) is 5.90 Å². The van der Waals surface area contributed by atoms with Crippen molar-refractivity contribution in [1.29, 1.82) is 0 Å². The number of carbonyl (C=O) groups excluding carboxylic acids is 1. The molecule has 1 heterocycles. The summed E-state index contributed by atoms with van der Waals surface area (Å²) in [6, 6.07) is 7.64. The molecule has 0 fully saturated rings. The number of hydrogen-bond acceptors (Lipinski definition) is 3. The fourth-order valence-electron chi connectivity index (χ4n) is 2.01. The summed E-state index contributed by atoms with van der Waals surface area (Å²) in [4.78, 5) is 16.6. The summed E-state index contributed by atoms with van der Waals surface area (Å²) in [6.07, 6.45) is 2.16. The van der Waals surface area contributed by atoms with Crippen LogP contribution in [0.1, 0.15) is 44.8 Å². The molecule has 4 heteroatoms. The number of nitrogens with one attached hydrogen (secondary N) is 1. The monoisotopic (exact) mass is 260 g/mol. The maximum absolute atomic E-state index is 12.2. The third-order valence-electron chi connectivity index (χ3n) is 3.09. The number of amides is 1. The van der Waals surface area contributed by atoms with Gasteiger partial charge in [-0.3, -0.25) is 4.79 Å². The van der Waals surface area contributed by atoms with Gasteiger partial charge in [-0.15, -0.1) is 0 Å². The second-order valence-corrected chi connectivity index (χ2v) is 4.56. The number of unbranched alkanes of at least 4 members (excludes halogenated alkanes) is 1. The second kappa shape index (κ2) is 6.36. The Hall–Kier alpha value is -1.84. The quantitative estimate of drug-likeness (QED) is 0.827. The molecule has 1 N–H and O–H groups in total. The zero-order valence-electron chi connectivity index (χ0n) is 11.5. The first-order valence-electron chi connectivity index (χ1n) is 6.87. The van der Waals surface area contributed by atoms with Gasteiger partial charge in [-0.2, -0.15) is 0 Å². The Morgan fingerprint density at radius 2 is 2.16 bits per heavy atom. The van der Waals surface area contributed by atoms with Gasteiger partial charge in [-0.25, -0.2) is 4.99 Å². The summed E-state index contributed by atoms with van der Waals surface area (Å²) in [5, 5.41) is 2.92. The molecule has 0 saturated carbocycles. The van der Waals surface area contributed by atoms with Crippen LogP contribution < -0.4 is 5.32 Å². The first-order valence-corrected chi connectivity index (χ1v) is 6.87. The predicted molar refractivity (Wildman–Crippen MR) is 75.6 cm³/mol. The molecule has 102 valence electrons. The fourth-order valence-corrected chi connectivity index (χ4v) is 2.01. The van der Waals surface area contributed by atoms with Crippen LogP contribution in [0.25, 0.3) is 0 Å². The van der Waals surface area contributed by atoms with E-state index in [0.29, 0.717) is 18.9 Å². The van der Waals surface area contributed by atoms with Crippen molar-refractivity contribution < 1.29 is 9.53 Å². The lowest BCUT2D eigenvalue weighted by molar-refractivity contribution is -0.129. The fraction of sp³-hybridized carbons (Fsp3) is 0.467. The van der Waals surface area contributed by atoms with Crippen LogP contribution in [0, 0.1) is 0 Å². The average molecular weight is 260 g/mol. The van der Waals surface area contributed by atoms with Crippen LogP contribution in [0.2, 0.25) is 0 Å². The van der Waals surface area contributed by atoms with Crippen LogP contribution in [-0.4, -0.2) is 18.3 Å². The lowest BCUT2D eigenvalue weighted by atomic mass is 10.0. The summed E-state index contributed by atoms with van der Waals surface area (Å²) < 4.78 is 5.69. The Kier molecular flexibility index (Phi) is 4.55. The molecule has 0 saturated heterocycles. The van der Waals surface area contributed by atoms with Gasteiger partial charge in [-0.1, -0.05) is 38.5 Å². The molecule has 0 spiro atoms. The third kappa shape index (κ3) is 3.13. The molecule has 2 rings (SSSR count). The lowest BCUT2D eigenvalue weighted by Crippen LogP contribution is -2.33. The Morgan fingerprint density at radius 1 is 1.37 bits per heavy atom. The molecule has 0 bridgehead atoms. The van der Waals surface area contributed by atoms with E-state index in [1.807, 2.05) is 31.2 Å². The molecular weight excluding hydrogens is 240 g/mol. The number of ether oxygens (including phenoxy) is 1. The van der Waals surface area contributed by atoms with Gasteiger partial charge in [0.25, 0.3) is 5.91 Å². The van der Waals surface area contributed by atoms with E-state index in [1.54, 1.807) is 0 Å². The molecular formula is C15H20N2O2. The van der Waals surface area contributed by atoms with Gasteiger partial charge in [0.1, 0.15) is 0 Å². The predicted octanol–water partition coefficient (Wildman–Crippen LogP) is 3.11. The van der Waals surface area contributed by atoms with E-state index < -0.39 is 6.10 Å². The van der Waals surface area contributed by atoms with Crippen LogP contribution >= 0.6 is 0 Å². The van der Waals surface area contributed by atoms with Gasteiger partial charge < -0.3 is 10.1 Å². The molecule has 1 aliphatic rings. The number of benzene rings is 1. The number of aliphatic imine (C=N–C) groups is 1. The van der Waals surface area contributed by atoms with E-state index in [9.17, 15) is 4.79 Å². The van der Waals surface area contributed by atoms with Gasteiger partial charge in [-0.05, 0) is 12.5 Å². The van der Waals surface area contributed by atoms with Crippen molar-refractivity contribution in [3.8, 4) is 0 Å². The van der Waals surface area contributed by atoms with Crippen LogP contribution in [0.4, 0.5) is 5.69 Å². The topological polar surface area (TPSA) is 50.7 Å². The van der Waals surface area contributed by atoms with Crippen molar-refractivity contribution in [3.05, 3.63) is 29.8 Å². The maximum atomic E-state index is 12.2. The van der Waals surface area contributed by atoms with Gasteiger partial charge >= 0.3 is 0 Å². The van der Waals surface area contributed by atoms with Crippen molar-refractivity contribution in [1.82, 2.24) is 5.32 Å². The van der Waals surface area contributed by atoms with Crippen molar-refractivity contribution in [3.63, 3.8) is 0 Å². The Balaban J connectivity index is 2.17. The summed E-state index contributed by atoms with van der Waals surface area (Å²) in [6.45, 7) is 4.76.